The highest BCUT2D eigenvalue weighted by molar-refractivity contribution is 6.34. The zero-order valence-corrected chi connectivity index (χ0v) is 12.7. The van der Waals surface area contributed by atoms with Gasteiger partial charge in [0.25, 0.3) is 0 Å². The van der Waals surface area contributed by atoms with Crippen LogP contribution in [0.15, 0.2) is 30.3 Å². The molecule has 1 atom stereocenters. The second-order valence-electron chi connectivity index (χ2n) is 4.75. The maximum atomic E-state index is 14.0. The molecule has 2 rings (SSSR count). The van der Waals surface area contributed by atoms with Crippen molar-refractivity contribution < 1.29 is 13.5 Å². The van der Waals surface area contributed by atoms with Crippen molar-refractivity contribution in [1.29, 1.82) is 0 Å². The van der Waals surface area contributed by atoms with Gasteiger partial charge in [-0.2, -0.15) is 0 Å². The van der Waals surface area contributed by atoms with Gasteiger partial charge in [0, 0.05) is 17.1 Å². The molecule has 0 aliphatic heterocycles. The molecule has 0 saturated heterocycles. The fourth-order valence-corrected chi connectivity index (χ4v) is 2.18. The monoisotopic (exact) mass is 331 g/mol. The summed E-state index contributed by atoms with van der Waals surface area (Å²) in [7, 11) is 0. The molecule has 2 N–H and O–H groups in total. The Balaban J connectivity index is 2.34. The van der Waals surface area contributed by atoms with E-state index in [4.69, 9.17) is 33.7 Å². The van der Waals surface area contributed by atoms with Gasteiger partial charge in [0.2, 0.25) is 0 Å². The molecule has 0 saturated carbocycles. The molecular formula is C15H13Cl2F2NO. The average Bonchev–Trinajstić information content (AvgIpc) is 2.37. The Bertz CT molecular complexity index is 639. The van der Waals surface area contributed by atoms with Crippen LogP contribution in [0, 0.1) is 11.6 Å². The Hall–Kier alpha value is -1.36. The quantitative estimate of drug-likeness (QED) is 0.859. The summed E-state index contributed by atoms with van der Waals surface area (Å²) in [6.45, 7) is 1.76. The Morgan fingerprint density at radius 2 is 1.76 bits per heavy atom. The molecule has 0 aliphatic rings. The molecule has 0 aromatic heterocycles. The number of benzene rings is 2. The second kappa shape index (κ2) is 6.60. The number of nitrogens with two attached hydrogens (primary N) is 1. The summed E-state index contributed by atoms with van der Waals surface area (Å²) < 4.78 is 33.2. The third-order valence-electron chi connectivity index (χ3n) is 2.72. The molecule has 0 fully saturated rings. The molecule has 0 spiro atoms. The van der Waals surface area contributed by atoms with Crippen molar-refractivity contribution in [2.24, 2.45) is 5.73 Å². The van der Waals surface area contributed by atoms with Gasteiger partial charge in [-0.05, 0) is 43.2 Å². The van der Waals surface area contributed by atoms with Crippen LogP contribution in [0.25, 0.3) is 0 Å². The molecule has 0 radical (unpaired) electrons. The SMILES string of the molecule is CC(N)Cc1cc(F)c(Oc2cc(Cl)ccc2Cl)c(F)c1. The van der Waals surface area contributed by atoms with Crippen LogP contribution in [0.3, 0.4) is 0 Å². The van der Waals surface area contributed by atoms with E-state index in [0.717, 1.165) is 0 Å². The van der Waals surface area contributed by atoms with E-state index in [-0.39, 0.29) is 16.8 Å². The van der Waals surface area contributed by atoms with Crippen molar-refractivity contribution in [1.82, 2.24) is 0 Å². The van der Waals surface area contributed by atoms with Crippen molar-refractivity contribution in [3.05, 3.63) is 57.6 Å². The van der Waals surface area contributed by atoms with Gasteiger partial charge in [0.1, 0.15) is 5.75 Å². The predicted octanol–water partition coefficient (Wildman–Crippen LogP) is 4.95. The van der Waals surface area contributed by atoms with Crippen LogP contribution in [-0.4, -0.2) is 6.04 Å². The van der Waals surface area contributed by atoms with Crippen LogP contribution in [0.4, 0.5) is 8.78 Å². The number of halogens is 4. The molecule has 21 heavy (non-hydrogen) atoms. The minimum Gasteiger partial charge on any atom is -0.450 e. The van der Waals surface area contributed by atoms with Crippen molar-refractivity contribution >= 4 is 23.2 Å². The van der Waals surface area contributed by atoms with Crippen molar-refractivity contribution in [3.63, 3.8) is 0 Å². The van der Waals surface area contributed by atoms with Gasteiger partial charge in [-0.25, -0.2) is 8.78 Å². The van der Waals surface area contributed by atoms with Crippen LogP contribution < -0.4 is 10.5 Å². The van der Waals surface area contributed by atoms with E-state index in [9.17, 15) is 8.78 Å². The van der Waals surface area contributed by atoms with Crippen LogP contribution in [0.1, 0.15) is 12.5 Å². The van der Waals surface area contributed by atoms with Crippen LogP contribution >= 0.6 is 23.2 Å². The summed E-state index contributed by atoms with van der Waals surface area (Å²) >= 11 is 11.7. The summed E-state index contributed by atoms with van der Waals surface area (Å²) in [5, 5.41) is 0.557. The van der Waals surface area contributed by atoms with E-state index in [1.54, 1.807) is 13.0 Å². The van der Waals surface area contributed by atoms with E-state index in [2.05, 4.69) is 0 Å². The predicted molar refractivity (Wildman–Crippen MR) is 80.2 cm³/mol. The molecule has 0 amide bonds. The molecule has 0 bridgehead atoms. The van der Waals surface area contributed by atoms with Gasteiger partial charge < -0.3 is 10.5 Å². The highest BCUT2D eigenvalue weighted by Crippen LogP contribution is 2.34. The third kappa shape index (κ3) is 4.06. The van der Waals surface area contributed by atoms with E-state index in [0.29, 0.717) is 17.0 Å². The van der Waals surface area contributed by atoms with E-state index in [1.807, 2.05) is 0 Å². The van der Waals surface area contributed by atoms with Crippen LogP contribution in [0.5, 0.6) is 11.5 Å². The van der Waals surface area contributed by atoms with Gasteiger partial charge >= 0.3 is 0 Å². The lowest BCUT2D eigenvalue weighted by Crippen LogP contribution is -2.18. The van der Waals surface area contributed by atoms with Crippen molar-refractivity contribution in [2.45, 2.75) is 19.4 Å². The minimum absolute atomic E-state index is 0.0851. The largest absolute Gasteiger partial charge is 0.450 e. The number of rotatable bonds is 4. The minimum atomic E-state index is -0.818. The van der Waals surface area contributed by atoms with Gasteiger partial charge in [-0.3, -0.25) is 0 Å². The van der Waals surface area contributed by atoms with Gasteiger partial charge in [-0.1, -0.05) is 23.2 Å². The topological polar surface area (TPSA) is 35.2 Å². The summed E-state index contributed by atoms with van der Waals surface area (Å²) in [6.07, 6.45) is 0.367. The lowest BCUT2D eigenvalue weighted by atomic mass is 10.1. The zero-order chi connectivity index (χ0) is 15.6. The molecule has 2 aromatic rings. The summed E-state index contributed by atoms with van der Waals surface area (Å²) in [5.74, 6) is -2.07. The summed E-state index contributed by atoms with van der Waals surface area (Å²) in [6, 6.07) is 6.62. The molecule has 0 aliphatic carbocycles. The number of hydrogen-bond acceptors (Lipinski definition) is 2. The first-order chi connectivity index (χ1) is 9.86. The maximum absolute atomic E-state index is 14.0. The molecule has 112 valence electrons. The third-order valence-corrected chi connectivity index (χ3v) is 3.27. The first-order valence-corrected chi connectivity index (χ1v) is 6.99. The Labute approximate surface area is 131 Å². The van der Waals surface area contributed by atoms with Gasteiger partial charge in [0.15, 0.2) is 17.4 Å². The summed E-state index contributed by atoms with van der Waals surface area (Å²) in [4.78, 5) is 0. The lowest BCUT2D eigenvalue weighted by molar-refractivity contribution is 0.406. The second-order valence-corrected chi connectivity index (χ2v) is 5.59. The number of ether oxygens (including phenoxy) is 1. The fraction of sp³-hybridized carbons (Fsp3) is 0.200. The van der Waals surface area contributed by atoms with Gasteiger partial charge in [-0.15, -0.1) is 0 Å². The Kier molecular flexibility index (Phi) is 5.04. The first-order valence-electron chi connectivity index (χ1n) is 6.23. The van der Waals surface area contributed by atoms with Crippen molar-refractivity contribution in [3.8, 4) is 11.5 Å². The van der Waals surface area contributed by atoms with Gasteiger partial charge in [0.05, 0.1) is 5.02 Å². The molecule has 2 aromatic carbocycles. The molecular weight excluding hydrogens is 319 g/mol. The smallest absolute Gasteiger partial charge is 0.198 e. The molecule has 6 heteroatoms. The highest BCUT2D eigenvalue weighted by atomic mass is 35.5. The van der Waals surface area contributed by atoms with E-state index < -0.39 is 17.4 Å². The Morgan fingerprint density at radius 1 is 1.14 bits per heavy atom. The molecule has 0 heterocycles. The van der Waals surface area contributed by atoms with Crippen LogP contribution in [-0.2, 0) is 6.42 Å². The average molecular weight is 332 g/mol. The normalized spacial score (nSPS) is 12.3. The molecule has 2 nitrogen and oxygen atoms in total. The lowest BCUT2D eigenvalue weighted by Gasteiger charge is -2.12. The summed E-state index contributed by atoms with van der Waals surface area (Å²) in [5.41, 5.74) is 6.08. The molecule has 1 unspecified atom stereocenters. The van der Waals surface area contributed by atoms with E-state index in [1.165, 1.54) is 24.3 Å². The zero-order valence-electron chi connectivity index (χ0n) is 11.2. The Morgan fingerprint density at radius 3 is 2.33 bits per heavy atom. The first kappa shape index (κ1) is 16.0. The van der Waals surface area contributed by atoms with Crippen molar-refractivity contribution in [2.75, 3.05) is 0 Å². The highest BCUT2D eigenvalue weighted by Gasteiger charge is 2.16. The maximum Gasteiger partial charge on any atom is 0.198 e. The fourth-order valence-electron chi connectivity index (χ4n) is 1.86. The number of hydrogen-bond donors (Lipinski definition) is 1. The van der Waals surface area contributed by atoms with Crippen LogP contribution in [0.2, 0.25) is 10.0 Å². The standard InChI is InChI=1S/C15H13Cl2F2NO/c1-8(20)4-9-5-12(18)15(13(19)6-9)21-14-7-10(16)2-3-11(14)17/h2-3,5-8H,4,20H2,1H3. The van der Waals surface area contributed by atoms with E-state index >= 15 is 0 Å².